The summed E-state index contributed by atoms with van der Waals surface area (Å²) in [5, 5.41) is 10.1. The molecule has 8 rings (SSSR count). The predicted molar refractivity (Wildman–Crippen MR) is 168 cm³/mol. The van der Waals surface area contributed by atoms with Crippen LogP contribution in [0.3, 0.4) is 0 Å². The van der Waals surface area contributed by atoms with E-state index in [1.807, 2.05) is 43.3 Å². The summed E-state index contributed by atoms with van der Waals surface area (Å²) in [7, 11) is 1.64. The number of carbonyl (C=O) groups excluding carboxylic acids is 1. The van der Waals surface area contributed by atoms with E-state index in [1.165, 1.54) is 0 Å². The van der Waals surface area contributed by atoms with Crippen molar-refractivity contribution in [2.45, 2.75) is 95.3 Å². The van der Waals surface area contributed by atoms with Crippen molar-refractivity contribution in [1.82, 2.24) is 4.90 Å². The zero-order chi connectivity index (χ0) is 32.1. The molecule has 5 heterocycles. The number of hydrogen-bond acceptors (Lipinski definition) is 9. The van der Waals surface area contributed by atoms with Crippen LogP contribution < -0.4 is 4.74 Å². The van der Waals surface area contributed by atoms with Crippen LogP contribution in [0.1, 0.15) is 86.8 Å². The summed E-state index contributed by atoms with van der Waals surface area (Å²) in [4.78, 5) is 27.9. The van der Waals surface area contributed by atoms with Gasteiger partial charge in [0, 0.05) is 36.4 Å². The number of fused-ring (bicyclic) bond motifs is 2. The lowest BCUT2D eigenvalue weighted by Crippen LogP contribution is -2.70. The molecule has 1 spiro atoms. The Balaban J connectivity index is 1.10. The fourth-order valence-corrected chi connectivity index (χ4v) is 8.56. The molecular weight excluding hydrogens is 586 g/mol. The molecule has 1 saturated carbocycles. The van der Waals surface area contributed by atoms with E-state index < -0.39 is 29.9 Å². The molecule has 5 saturated heterocycles. The Kier molecular flexibility index (Phi) is 8.64. The van der Waals surface area contributed by atoms with Gasteiger partial charge in [-0.25, -0.2) is 14.6 Å². The van der Waals surface area contributed by atoms with E-state index in [2.05, 4.69) is 30.6 Å². The first-order valence-electron chi connectivity index (χ1n) is 16.8. The van der Waals surface area contributed by atoms with Gasteiger partial charge in [-0.3, -0.25) is 4.90 Å². The molecule has 6 aliphatic rings. The van der Waals surface area contributed by atoms with Gasteiger partial charge < -0.3 is 24.1 Å². The van der Waals surface area contributed by atoms with Crippen molar-refractivity contribution in [3.8, 4) is 17.6 Å². The van der Waals surface area contributed by atoms with Crippen molar-refractivity contribution in [3.05, 3.63) is 65.2 Å². The van der Waals surface area contributed by atoms with Gasteiger partial charge in [-0.2, -0.15) is 0 Å². The lowest BCUT2D eigenvalue weighted by atomic mass is 9.58. The van der Waals surface area contributed by atoms with E-state index in [4.69, 9.17) is 28.7 Å². The second kappa shape index (κ2) is 12.6. The van der Waals surface area contributed by atoms with E-state index >= 15 is 0 Å². The Morgan fingerprint density at radius 3 is 2.57 bits per heavy atom. The molecule has 10 atom stereocenters. The number of ether oxygens (including phenoxy) is 4. The van der Waals surface area contributed by atoms with Crippen LogP contribution in [-0.2, 0) is 24.0 Å². The Labute approximate surface area is 271 Å². The first-order valence-corrected chi connectivity index (χ1v) is 16.8. The SMILES string of the molecule is COc1ccc(C#C[C@H](c2ccc(C(=O)O[C@@H]3O[C@@H]4O[C@@]5(C)CC[C@H]6[C@H](C)CC[C@@H]([C@H]3C)[C@@]46OO5)cc2)N2CCC[C@H]2CO)cc1. The molecule has 1 aliphatic carbocycles. The first kappa shape index (κ1) is 31.6. The minimum atomic E-state index is -0.889. The lowest BCUT2D eigenvalue weighted by molar-refractivity contribution is -0.576. The van der Waals surface area contributed by atoms with Crippen LogP contribution >= 0.6 is 0 Å². The summed E-state index contributed by atoms with van der Waals surface area (Å²) in [6.45, 7) is 7.16. The van der Waals surface area contributed by atoms with Crippen molar-refractivity contribution in [3.63, 3.8) is 0 Å². The van der Waals surface area contributed by atoms with E-state index in [-0.39, 0.29) is 36.4 Å². The van der Waals surface area contributed by atoms with Gasteiger partial charge in [-0.05, 0) is 92.8 Å². The van der Waals surface area contributed by atoms with Gasteiger partial charge in [0.25, 0.3) is 0 Å². The van der Waals surface area contributed by atoms with E-state index in [1.54, 1.807) is 19.2 Å². The number of esters is 1. The summed E-state index contributed by atoms with van der Waals surface area (Å²) in [6, 6.07) is 14.9. The molecule has 0 aromatic heterocycles. The molecule has 2 aromatic rings. The van der Waals surface area contributed by atoms with Crippen molar-refractivity contribution >= 4 is 5.97 Å². The maximum Gasteiger partial charge on any atom is 0.340 e. The Morgan fingerprint density at radius 2 is 1.83 bits per heavy atom. The first-order chi connectivity index (χ1) is 22.2. The van der Waals surface area contributed by atoms with Gasteiger partial charge >= 0.3 is 5.97 Å². The van der Waals surface area contributed by atoms with E-state index in [0.717, 1.165) is 61.9 Å². The molecule has 246 valence electrons. The average Bonchev–Trinajstić information content (AvgIpc) is 3.43. The summed E-state index contributed by atoms with van der Waals surface area (Å²) >= 11 is 0. The monoisotopic (exact) mass is 631 g/mol. The van der Waals surface area contributed by atoms with Gasteiger partial charge in [0.1, 0.15) is 5.75 Å². The quantitative estimate of drug-likeness (QED) is 0.248. The minimum absolute atomic E-state index is 0.0357. The van der Waals surface area contributed by atoms with Gasteiger partial charge in [-0.1, -0.05) is 37.8 Å². The lowest BCUT2D eigenvalue weighted by Gasteiger charge is -2.59. The third-order valence-electron chi connectivity index (χ3n) is 11.2. The molecule has 0 amide bonds. The third-order valence-corrected chi connectivity index (χ3v) is 11.2. The number of nitrogens with zero attached hydrogens (tertiary/aromatic N) is 1. The summed E-state index contributed by atoms with van der Waals surface area (Å²) < 4.78 is 24.2. The molecule has 1 N–H and O–H groups in total. The largest absolute Gasteiger partial charge is 0.497 e. The van der Waals surface area contributed by atoms with Crippen LogP contribution in [0, 0.1) is 35.5 Å². The second-order valence-electron chi connectivity index (χ2n) is 13.9. The van der Waals surface area contributed by atoms with Crippen LogP contribution in [0.25, 0.3) is 0 Å². The number of methoxy groups -OCH3 is 1. The van der Waals surface area contributed by atoms with Crippen molar-refractivity contribution in [2.24, 2.45) is 23.7 Å². The smallest absolute Gasteiger partial charge is 0.340 e. The van der Waals surface area contributed by atoms with Crippen LogP contribution in [0.2, 0.25) is 0 Å². The highest BCUT2D eigenvalue weighted by Crippen LogP contribution is 2.60. The maximum absolute atomic E-state index is 13.6. The molecule has 9 heteroatoms. The molecule has 6 fully saturated rings. The summed E-state index contributed by atoms with van der Waals surface area (Å²) in [5.74, 6) is 6.85. The number of carbonyl (C=O) groups is 1. The topological polar surface area (TPSA) is 95.9 Å². The molecule has 0 radical (unpaired) electrons. The highest BCUT2D eigenvalue weighted by atomic mass is 17.3. The fourth-order valence-electron chi connectivity index (χ4n) is 8.56. The fraction of sp³-hybridized carbons (Fsp3) is 0.595. The van der Waals surface area contributed by atoms with Crippen LogP contribution in [0.5, 0.6) is 5.75 Å². The number of aliphatic hydroxyl groups excluding tert-OH is 1. The van der Waals surface area contributed by atoms with Gasteiger partial charge in [0.15, 0.2) is 11.9 Å². The molecular formula is C37H45NO8. The normalized spacial score (nSPS) is 37.4. The second-order valence-corrected chi connectivity index (χ2v) is 13.9. The number of benzene rings is 2. The molecule has 0 unspecified atom stereocenters. The van der Waals surface area contributed by atoms with Crippen molar-refractivity contribution < 1.29 is 38.6 Å². The number of aliphatic hydroxyl groups is 1. The molecule has 46 heavy (non-hydrogen) atoms. The number of hydrogen-bond donors (Lipinski definition) is 1. The molecule has 5 aliphatic heterocycles. The molecule has 2 aromatic carbocycles. The zero-order valence-corrected chi connectivity index (χ0v) is 27.1. The Morgan fingerprint density at radius 1 is 1.04 bits per heavy atom. The van der Waals surface area contributed by atoms with Crippen LogP contribution in [0.15, 0.2) is 48.5 Å². The standard InChI is InChI=1S/C37H45NO8/c1-23-7-17-31-24(2)34(43-35-37(31)30(23)19-20-36(3,44-35)45-46-37)42-33(40)27-13-11-26(12-14-27)32(38-21-5-6-28(38)22-39)18-10-25-8-15-29(41-4)16-9-25/h8-9,11-16,23-24,28,30-32,34-35,39H,5-7,17,19-22H2,1-4H3/t23-,24-,28+,30+,31+,32-,34-,35-,36-,37-/m1/s1. The highest BCUT2D eigenvalue weighted by molar-refractivity contribution is 5.89. The van der Waals surface area contributed by atoms with Gasteiger partial charge in [0.05, 0.1) is 25.3 Å². The predicted octanol–water partition coefficient (Wildman–Crippen LogP) is 5.61. The third kappa shape index (κ3) is 5.53. The number of rotatable bonds is 6. The molecule has 2 bridgehead atoms. The average molecular weight is 632 g/mol. The van der Waals surface area contributed by atoms with Crippen LogP contribution in [-0.4, -0.2) is 66.2 Å². The maximum atomic E-state index is 13.6. The molecule has 9 nitrogen and oxygen atoms in total. The van der Waals surface area contributed by atoms with Gasteiger partial charge in [-0.15, -0.1) is 0 Å². The van der Waals surface area contributed by atoms with E-state index in [0.29, 0.717) is 11.5 Å². The summed E-state index contributed by atoms with van der Waals surface area (Å²) in [5.41, 5.74) is 1.57. The van der Waals surface area contributed by atoms with Gasteiger partial charge in [0.2, 0.25) is 12.1 Å². The highest BCUT2D eigenvalue weighted by Gasteiger charge is 2.69. The number of likely N-dealkylation sites (tertiary alicyclic amines) is 1. The van der Waals surface area contributed by atoms with Crippen LogP contribution in [0.4, 0.5) is 0 Å². The zero-order valence-electron chi connectivity index (χ0n) is 27.1. The minimum Gasteiger partial charge on any atom is -0.497 e. The van der Waals surface area contributed by atoms with Crippen molar-refractivity contribution in [1.29, 1.82) is 0 Å². The Bertz CT molecular complexity index is 1470. The summed E-state index contributed by atoms with van der Waals surface area (Å²) in [6.07, 6.45) is 4.15. The Hall–Kier alpha value is -2.97. The van der Waals surface area contributed by atoms with Crippen molar-refractivity contribution in [2.75, 3.05) is 20.3 Å². The van der Waals surface area contributed by atoms with E-state index in [9.17, 15) is 9.90 Å².